The molecule has 4 heteroatoms. The number of halogens is 4. The van der Waals surface area contributed by atoms with Crippen LogP contribution in [0.15, 0.2) is 36.4 Å². The lowest BCUT2D eigenvalue weighted by Crippen LogP contribution is -1.94. The molecule has 1 atom stereocenters. The zero-order valence-corrected chi connectivity index (χ0v) is 13.4. The van der Waals surface area contributed by atoms with Crippen molar-refractivity contribution in [2.24, 2.45) is 0 Å². The van der Waals surface area contributed by atoms with E-state index in [2.05, 4.69) is 15.9 Å². The monoisotopic (exact) mass is 362 g/mol. The van der Waals surface area contributed by atoms with Gasteiger partial charge in [-0.1, -0.05) is 68.9 Å². The minimum atomic E-state index is 0.000340. The molecule has 0 nitrogen and oxygen atoms in total. The molecule has 0 radical (unpaired) electrons. The van der Waals surface area contributed by atoms with Crippen LogP contribution >= 0.6 is 50.7 Å². The Morgan fingerprint density at radius 2 is 1.67 bits per heavy atom. The average molecular weight is 364 g/mol. The lowest BCUT2D eigenvalue weighted by Gasteiger charge is -2.13. The van der Waals surface area contributed by atoms with Crippen LogP contribution in [0.2, 0.25) is 15.1 Å². The van der Waals surface area contributed by atoms with E-state index in [1.54, 1.807) is 6.07 Å². The van der Waals surface area contributed by atoms with Gasteiger partial charge in [-0.3, -0.25) is 0 Å². The van der Waals surface area contributed by atoms with Gasteiger partial charge in [0.15, 0.2) is 0 Å². The van der Waals surface area contributed by atoms with Gasteiger partial charge in [0, 0.05) is 15.1 Å². The summed E-state index contributed by atoms with van der Waals surface area (Å²) in [5.74, 6) is 0. The lowest BCUT2D eigenvalue weighted by atomic mass is 10.0. The van der Waals surface area contributed by atoms with Crippen molar-refractivity contribution in [3.05, 3.63) is 68.2 Å². The van der Waals surface area contributed by atoms with E-state index in [1.165, 1.54) is 0 Å². The fraction of sp³-hybridized carbons (Fsp3) is 0.143. The summed E-state index contributed by atoms with van der Waals surface area (Å²) in [6, 6.07) is 11.5. The predicted molar refractivity (Wildman–Crippen MR) is 83.4 cm³/mol. The van der Waals surface area contributed by atoms with Gasteiger partial charge in [-0.15, -0.1) is 0 Å². The van der Waals surface area contributed by atoms with E-state index in [0.29, 0.717) is 10.0 Å². The second-order valence-electron chi connectivity index (χ2n) is 4.04. The second kappa shape index (κ2) is 5.83. The highest BCUT2D eigenvalue weighted by Crippen LogP contribution is 2.37. The van der Waals surface area contributed by atoms with Crippen LogP contribution in [0.5, 0.6) is 0 Å². The first-order valence-electron chi connectivity index (χ1n) is 5.34. The Morgan fingerprint density at radius 1 is 0.944 bits per heavy atom. The van der Waals surface area contributed by atoms with Crippen LogP contribution in [-0.2, 0) is 0 Å². The van der Waals surface area contributed by atoms with Crippen molar-refractivity contribution in [3.63, 3.8) is 0 Å². The molecule has 0 bridgehead atoms. The summed E-state index contributed by atoms with van der Waals surface area (Å²) in [6.07, 6.45) is 0. The normalized spacial score (nSPS) is 12.5. The highest BCUT2D eigenvalue weighted by Gasteiger charge is 2.14. The maximum atomic E-state index is 6.20. The van der Waals surface area contributed by atoms with Crippen molar-refractivity contribution in [3.8, 4) is 0 Å². The van der Waals surface area contributed by atoms with Crippen molar-refractivity contribution >= 4 is 50.7 Å². The molecule has 0 N–H and O–H groups in total. The Balaban J connectivity index is 2.41. The summed E-state index contributed by atoms with van der Waals surface area (Å²) in [5, 5.41) is 2.02. The standard InChI is InChI=1S/C14H10BrCl3/c1-8-2-3-9(6-12(8)17)14(15)11-5-4-10(16)7-13(11)18/h2-7,14H,1H3. The number of hydrogen-bond acceptors (Lipinski definition) is 0. The summed E-state index contributed by atoms with van der Waals surface area (Å²) in [5.41, 5.74) is 3.10. The van der Waals surface area contributed by atoms with Crippen molar-refractivity contribution in [1.82, 2.24) is 0 Å². The Bertz CT molecular complexity index is 581. The quantitative estimate of drug-likeness (QED) is 0.538. The van der Waals surface area contributed by atoms with Crippen LogP contribution in [0.3, 0.4) is 0 Å². The molecule has 2 aromatic rings. The number of benzene rings is 2. The van der Waals surface area contributed by atoms with Crippen LogP contribution < -0.4 is 0 Å². The first kappa shape index (κ1) is 14.2. The average Bonchev–Trinajstić information content (AvgIpc) is 2.32. The Kier molecular flexibility index (Phi) is 4.60. The summed E-state index contributed by atoms with van der Waals surface area (Å²) in [4.78, 5) is 0.000340. The largest absolute Gasteiger partial charge is 0.0843 e. The molecular formula is C14H10BrCl3. The van der Waals surface area contributed by atoms with Gasteiger partial charge >= 0.3 is 0 Å². The molecule has 0 saturated heterocycles. The van der Waals surface area contributed by atoms with E-state index in [-0.39, 0.29) is 4.83 Å². The van der Waals surface area contributed by atoms with Gasteiger partial charge in [-0.05, 0) is 41.8 Å². The molecule has 0 spiro atoms. The minimum absolute atomic E-state index is 0.000340. The first-order valence-corrected chi connectivity index (χ1v) is 7.39. The zero-order chi connectivity index (χ0) is 13.3. The topological polar surface area (TPSA) is 0 Å². The molecule has 0 saturated carbocycles. The third-order valence-corrected chi connectivity index (χ3v) is 4.72. The van der Waals surface area contributed by atoms with Crippen molar-refractivity contribution in [2.45, 2.75) is 11.8 Å². The molecule has 0 aliphatic carbocycles. The van der Waals surface area contributed by atoms with Gasteiger partial charge in [0.25, 0.3) is 0 Å². The van der Waals surface area contributed by atoms with Gasteiger partial charge in [-0.25, -0.2) is 0 Å². The molecule has 0 fully saturated rings. The van der Waals surface area contributed by atoms with Crippen LogP contribution in [0.25, 0.3) is 0 Å². The molecule has 2 rings (SSSR count). The van der Waals surface area contributed by atoms with Crippen LogP contribution in [0, 0.1) is 6.92 Å². The Labute approximate surface area is 130 Å². The smallest absolute Gasteiger partial charge is 0.0659 e. The molecule has 0 aliphatic heterocycles. The number of rotatable bonds is 2. The van der Waals surface area contributed by atoms with Crippen LogP contribution in [0.4, 0.5) is 0 Å². The first-order chi connectivity index (χ1) is 8.49. The van der Waals surface area contributed by atoms with Crippen molar-refractivity contribution in [1.29, 1.82) is 0 Å². The van der Waals surface area contributed by atoms with Crippen molar-refractivity contribution < 1.29 is 0 Å². The van der Waals surface area contributed by atoms with Crippen LogP contribution in [0.1, 0.15) is 21.5 Å². The third-order valence-electron chi connectivity index (χ3n) is 2.72. The lowest BCUT2D eigenvalue weighted by molar-refractivity contribution is 1.17. The predicted octanol–water partition coefficient (Wildman–Crippen LogP) is 6.44. The second-order valence-corrected chi connectivity index (χ2v) is 6.20. The van der Waals surface area contributed by atoms with Gasteiger partial charge < -0.3 is 0 Å². The van der Waals surface area contributed by atoms with E-state index in [9.17, 15) is 0 Å². The summed E-state index contributed by atoms with van der Waals surface area (Å²) < 4.78 is 0. The fourth-order valence-corrected chi connectivity index (χ4v) is 3.18. The summed E-state index contributed by atoms with van der Waals surface area (Å²) >= 11 is 21.9. The molecule has 1 unspecified atom stereocenters. The molecular weight excluding hydrogens is 354 g/mol. The van der Waals surface area contributed by atoms with Crippen LogP contribution in [-0.4, -0.2) is 0 Å². The Morgan fingerprint density at radius 3 is 2.28 bits per heavy atom. The van der Waals surface area contributed by atoms with Gasteiger partial charge in [0.1, 0.15) is 0 Å². The number of aryl methyl sites for hydroxylation is 1. The number of hydrogen-bond donors (Lipinski definition) is 0. The SMILES string of the molecule is Cc1ccc(C(Br)c2ccc(Cl)cc2Cl)cc1Cl. The maximum absolute atomic E-state index is 6.20. The Hall–Kier alpha value is -0.210. The molecule has 0 aromatic heterocycles. The van der Waals surface area contributed by atoms with E-state index in [0.717, 1.165) is 21.7 Å². The molecule has 2 aromatic carbocycles. The zero-order valence-electron chi connectivity index (χ0n) is 9.55. The van der Waals surface area contributed by atoms with Gasteiger partial charge in [0.2, 0.25) is 0 Å². The summed E-state index contributed by atoms with van der Waals surface area (Å²) in [6.45, 7) is 1.98. The molecule has 94 valence electrons. The highest BCUT2D eigenvalue weighted by atomic mass is 79.9. The minimum Gasteiger partial charge on any atom is -0.0843 e. The summed E-state index contributed by atoms with van der Waals surface area (Å²) in [7, 11) is 0. The fourth-order valence-electron chi connectivity index (χ4n) is 1.65. The molecule has 0 amide bonds. The van der Waals surface area contributed by atoms with E-state index < -0.39 is 0 Å². The number of alkyl halides is 1. The van der Waals surface area contributed by atoms with Gasteiger partial charge in [0.05, 0.1) is 4.83 Å². The third kappa shape index (κ3) is 3.03. The maximum Gasteiger partial charge on any atom is 0.0659 e. The van der Waals surface area contributed by atoms with E-state index in [4.69, 9.17) is 34.8 Å². The van der Waals surface area contributed by atoms with E-state index >= 15 is 0 Å². The highest BCUT2D eigenvalue weighted by molar-refractivity contribution is 9.09. The molecule has 0 aliphatic rings. The molecule has 18 heavy (non-hydrogen) atoms. The molecule has 0 heterocycles. The van der Waals surface area contributed by atoms with Gasteiger partial charge in [-0.2, -0.15) is 0 Å². The van der Waals surface area contributed by atoms with Crippen molar-refractivity contribution in [2.75, 3.05) is 0 Å². The van der Waals surface area contributed by atoms with E-state index in [1.807, 2.05) is 37.3 Å².